The minimum Gasteiger partial charge on any atom is -0.351 e. The standard InChI is InChI=1S/C16H19FN2O/c1-9-8-13(6-7-14(9)17)18-16(20)15-10(2)11(3)19(5)12(15)4/h6-8H,1-5H3,(H,18,20). The minimum absolute atomic E-state index is 0.158. The van der Waals surface area contributed by atoms with Gasteiger partial charge >= 0.3 is 0 Å². The van der Waals surface area contributed by atoms with E-state index in [9.17, 15) is 9.18 Å². The maximum Gasteiger partial charge on any atom is 0.257 e. The molecule has 1 aromatic heterocycles. The number of hydrogen-bond donors (Lipinski definition) is 1. The van der Waals surface area contributed by atoms with E-state index in [4.69, 9.17) is 0 Å². The van der Waals surface area contributed by atoms with Crippen molar-refractivity contribution < 1.29 is 9.18 Å². The van der Waals surface area contributed by atoms with E-state index in [1.54, 1.807) is 19.1 Å². The molecule has 0 aliphatic rings. The van der Waals surface area contributed by atoms with Gasteiger partial charge in [0.25, 0.3) is 5.91 Å². The van der Waals surface area contributed by atoms with E-state index in [0.29, 0.717) is 16.8 Å². The van der Waals surface area contributed by atoms with E-state index >= 15 is 0 Å². The van der Waals surface area contributed by atoms with Crippen molar-refractivity contribution in [1.82, 2.24) is 4.57 Å². The first-order chi connectivity index (χ1) is 9.32. The van der Waals surface area contributed by atoms with Crippen LogP contribution in [0.2, 0.25) is 0 Å². The lowest BCUT2D eigenvalue weighted by atomic mass is 10.1. The molecular formula is C16H19FN2O. The second-order valence-electron chi connectivity index (χ2n) is 5.15. The summed E-state index contributed by atoms with van der Waals surface area (Å²) in [6.07, 6.45) is 0. The van der Waals surface area contributed by atoms with Crippen LogP contribution in [0.1, 0.15) is 32.9 Å². The predicted octanol–water partition coefficient (Wildman–Crippen LogP) is 3.65. The highest BCUT2D eigenvalue weighted by atomic mass is 19.1. The van der Waals surface area contributed by atoms with Gasteiger partial charge < -0.3 is 9.88 Å². The Morgan fingerprint density at radius 3 is 2.30 bits per heavy atom. The number of aryl methyl sites for hydroxylation is 1. The molecule has 1 heterocycles. The summed E-state index contributed by atoms with van der Waals surface area (Å²) >= 11 is 0. The zero-order valence-corrected chi connectivity index (χ0v) is 12.5. The number of hydrogen-bond acceptors (Lipinski definition) is 1. The van der Waals surface area contributed by atoms with E-state index in [1.165, 1.54) is 6.07 Å². The van der Waals surface area contributed by atoms with Gasteiger partial charge in [0.1, 0.15) is 5.82 Å². The van der Waals surface area contributed by atoms with Crippen LogP contribution in [0.5, 0.6) is 0 Å². The molecule has 0 radical (unpaired) electrons. The van der Waals surface area contributed by atoms with Crippen LogP contribution in [0.3, 0.4) is 0 Å². The van der Waals surface area contributed by atoms with Crippen LogP contribution < -0.4 is 5.32 Å². The van der Waals surface area contributed by atoms with E-state index < -0.39 is 0 Å². The third-order valence-electron chi connectivity index (χ3n) is 3.93. The number of nitrogens with one attached hydrogen (secondary N) is 1. The van der Waals surface area contributed by atoms with Crippen molar-refractivity contribution in [3.8, 4) is 0 Å². The smallest absolute Gasteiger partial charge is 0.257 e. The van der Waals surface area contributed by atoms with Gasteiger partial charge in [-0.05, 0) is 57.0 Å². The molecule has 0 aliphatic heterocycles. The van der Waals surface area contributed by atoms with Crippen LogP contribution in [0.25, 0.3) is 0 Å². The summed E-state index contributed by atoms with van der Waals surface area (Å²) in [5.41, 5.74) is 4.78. The highest BCUT2D eigenvalue weighted by Crippen LogP contribution is 2.22. The fourth-order valence-electron chi connectivity index (χ4n) is 2.37. The first kappa shape index (κ1) is 14.3. The fourth-order valence-corrected chi connectivity index (χ4v) is 2.37. The van der Waals surface area contributed by atoms with Crippen molar-refractivity contribution in [2.45, 2.75) is 27.7 Å². The van der Waals surface area contributed by atoms with Gasteiger partial charge in [-0.2, -0.15) is 0 Å². The maximum absolute atomic E-state index is 13.2. The number of rotatable bonds is 2. The summed E-state index contributed by atoms with van der Waals surface area (Å²) in [5, 5.41) is 2.83. The number of aromatic nitrogens is 1. The van der Waals surface area contributed by atoms with Crippen molar-refractivity contribution in [3.05, 3.63) is 52.1 Å². The van der Waals surface area contributed by atoms with Crippen molar-refractivity contribution in [2.75, 3.05) is 5.32 Å². The summed E-state index contributed by atoms with van der Waals surface area (Å²) in [6.45, 7) is 7.52. The molecule has 0 saturated carbocycles. The Bertz CT molecular complexity index is 661. The van der Waals surface area contributed by atoms with Gasteiger partial charge in [0.15, 0.2) is 0 Å². The Hall–Kier alpha value is -2.10. The normalized spacial score (nSPS) is 10.7. The highest BCUT2D eigenvalue weighted by Gasteiger charge is 2.19. The zero-order chi connectivity index (χ0) is 15.0. The lowest BCUT2D eigenvalue weighted by molar-refractivity contribution is 0.102. The van der Waals surface area contributed by atoms with Crippen LogP contribution in [-0.4, -0.2) is 10.5 Å². The molecule has 1 amide bonds. The number of amides is 1. The SMILES string of the molecule is Cc1cc(NC(=O)c2c(C)c(C)n(C)c2C)ccc1F. The van der Waals surface area contributed by atoms with Gasteiger partial charge in [0.2, 0.25) is 0 Å². The average molecular weight is 274 g/mol. The largest absolute Gasteiger partial charge is 0.351 e. The number of anilines is 1. The molecule has 2 aromatic rings. The summed E-state index contributed by atoms with van der Waals surface area (Å²) in [6, 6.07) is 4.56. The minimum atomic E-state index is -0.272. The van der Waals surface area contributed by atoms with E-state index in [1.807, 2.05) is 32.4 Å². The summed E-state index contributed by atoms with van der Waals surface area (Å²) in [4.78, 5) is 12.4. The van der Waals surface area contributed by atoms with Crippen molar-refractivity contribution in [2.24, 2.45) is 7.05 Å². The topological polar surface area (TPSA) is 34.0 Å². The second-order valence-corrected chi connectivity index (χ2v) is 5.15. The summed E-state index contributed by atoms with van der Waals surface area (Å²) < 4.78 is 15.2. The van der Waals surface area contributed by atoms with Gasteiger partial charge in [0, 0.05) is 24.1 Å². The molecule has 4 heteroatoms. The third kappa shape index (κ3) is 2.33. The van der Waals surface area contributed by atoms with Crippen molar-refractivity contribution in [1.29, 1.82) is 0 Å². The molecule has 1 aromatic carbocycles. The Balaban J connectivity index is 2.33. The first-order valence-electron chi connectivity index (χ1n) is 6.53. The molecule has 0 unspecified atom stereocenters. The monoisotopic (exact) mass is 274 g/mol. The third-order valence-corrected chi connectivity index (χ3v) is 3.93. The molecule has 0 aliphatic carbocycles. The molecule has 0 spiro atoms. The highest BCUT2D eigenvalue weighted by molar-refractivity contribution is 6.06. The van der Waals surface area contributed by atoms with Gasteiger partial charge in [-0.25, -0.2) is 4.39 Å². The average Bonchev–Trinajstić information content (AvgIpc) is 2.58. The quantitative estimate of drug-likeness (QED) is 0.891. The molecule has 0 fully saturated rings. The number of nitrogens with zero attached hydrogens (tertiary/aromatic N) is 1. The number of halogens is 1. The van der Waals surface area contributed by atoms with E-state index in [0.717, 1.165) is 17.0 Å². The van der Waals surface area contributed by atoms with Crippen LogP contribution in [-0.2, 0) is 7.05 Å². The Morgan fingerprint density at radius 2 is 1.80 bits per heavy atom. The molecule has 20 heavy (non-hydrogen) atoms. The van der Waals surface area contributed by atoms with Crippen LogP contribution >= 0.6 is 0 Å². The molecular weight excluding hydrogens is 255 g/mol. The van der Waals surface area contributed by atoms with Gasteiger partial charge in [-0.3, -0.25) is 4.79 Å². The van der Waals surface area contributed by atoms with Crippen LogP contribution in [0.15, 0.2) is 18.2 Å². The first-order valence-corrected chi connectivity index (χ1v) is 6.53. The lowest BCUT2D eigenvalue weighted by Gasteiger charge is -2.07. The van der Waals surface area contributed by atoms with Gasteiger partial charge in [-0.1, -0.05) is 0 Å². The Kier molecular flexibility index (Phi) is 3.66. The molecule has 3 nitrogen and oxygen atoms in total. The van der Waals surface area contributed by atoms with Gasteiger partial charge in [-0.15, -0.1) is 0 Å². The van der Waals surface area contributed by atoms with Gasteiger partial charge in [0.05, 0.1) is 5.56 Å². The number of carbonyl (C=O) groups excluding carboxylic acids is 1. The summed E-state index contributed by atoms with van der Waals surface area (Å²) in [5.74, 6) is -0.430. The maximum atomic E-state index is 13.2. The molecule has 0 atom stereocenters. The van der Waals surface area contributed by atoms with E-state index in [2.05, 4.69) is 5.32 Å². The van der Waals surface area contributed by atoms with Crippen LogP contribution in [0.4, 0.5) is 10.1 Å². The number of benzene rings is 1. The lowest BCUT2D eigenvalue weighted by Crippen LogP contribution is -2.14. The molecule has 0 bridgehead atoms. The van der Waals surface area contributed by atoms with Crippen molar-refractivity contribution >= 4 is 11.6 Å². The van der Waals surface area contributed by atoms with E-state index in [-0.39, 0.29) is 11.7 Å². The number of carbonyl (C=O) groups is 1. The Labute approximate surface area is 118 Å². The zero-order valence-electron chi connectivity index (χ0n) is 12.5. The Morgan fingerprint density at radius 1 is 1.15 bits per heavy atom. The van der Waals surface area contributed by atoms with Crippen LogP contribution in [0, 0.1) is 33.5 Å². The predicted molar refractivity (Wildman–Crippen MR) is 78.7 cm³/mol. The molecule has 1 N–H and O–H groups in total. The molecule has 2 rings (SSSR count). The van der Waals surface area contributed by atoms with Crippen molar-refractivity contribution in [3.63, 3.8) is 0 Å². The molecule has 0 saturated heterocycles. The molecule has 106 valence electrons. The fraction of sp³-hybridized carbons (Fsp3) is 0.312. The second kappa shape index (κ2) is 5.12. The summed E-state index contributed by atoms with van der Waals surface area (Å²) in [7, 11) is 1.94.